The zero-order chi connectivity index (χ0) is 13.7. The second-order valence-corrected chi connectivity index (χ2v) is 3.60. The monoisotopic (exact) mass is 264 g/mol. The van der Waals surface area contributed by atoms with E-state index in [2.05, 4.69) is 10.1 Å². The van der Waals surface area contributed by atoms with Crippen molar-refractivity contribution in [1.29, 1.82) is 0 Å². The van der Waals surface area contributed by atoms with Crippen LogP contribution in [0.15, 0.2) is 30.9 Å². The van der Waals surface area contributed by atoms with Crippen LogP contribution < -0.4 is 9.47 Å². The molecule has 0 radical (unpaired) electrons. The van der Waals surface area contributed by atoms with Crippen LogP contribution in [0.3, 0.4) is 0 Å². The van der Waals surface area contributed by atoms with E-state index in [1.807, 2.05) is 0 Å². The molecule has 19 heavy (non-hydrogen) atoms. The molecule has 0 saturated carbocycles. The van der Waals surface area contributed by atoms with E-state index in [4.69, 9.17) is 9.47 Å². The SMILES string of the molecule is COc1ccc([N+](=O)[O-])cc1OCCn1cncn1. The average Bonchev–Trinajstić information content (AvgIpc) is 2.91. The molecule has 2 aromatic rings. The molecule has 0 unspecified atom stereocenters. The second-order valence-electron chi connectivity index (χ2n) is 3.60. The highest BCUT2D eigenvalue weighted by molar-refractivity contribution is 5.48. The van der Waals surface area contributed by atoms with Gasteiger partial charge in [0.2, 0.25) is 0 Å². The molecule has 0 aliphatic heterocycles. The lowest BCUT2D eigenvalue weighted by molar-refractivity contribution is -0.385. The van der Waals surface area contributed by atoms with E-state index in [0.717, 1.165) is 0 Å². The first-order valence-electron chi connectivity index (χ1n) is 5.48. The fourth-order valence-electron chi connectivity index (χ4n) is 1.49. The van der Waals surface area contributed by atoms with E-state index in [0.29, 0.717) is 24.7 Å². The Morgan fingerprint density at radius 2 is 2.26 bits per heavy atom. The number of nitro groups is 1. The van der Waals surface area contributed by atoms with E-state index in [1.165, 1.54) is 31.6 Å². The predicted molar refractivity (Wildman–Crippen MR) is 65.2 cm³/mol. The standard InChI is InChI=1S/C11H12N4O4/c1-18-10-3-2-9(15(16)17)6-11(10)19-5-4-14-8-12-7-13-14/h2-3,6-8H,4-5H2,1H3. The Hall–Kier alpha value is -2.64. The number of nitrogens with zero attached hydrogens (tertiary/aromatic N) is 4. The van der Waals surface area contributed by atoms with Crippen LogP contribution in [0.5, 0.6) is 11.5 Å². The lowest BCUT2D eigenvalue weighted by Gasteiger charge is -2.10. The van der Waals surface area contributed by atoms with Gasteiger partial charge in [-0.3, -0.25) is 10.1 Å². The molecular weight excluding hydrogens is 252 g/mol. The van der Waals surface area contributed by atoms with Gasteiger partial charge in [-0.05, 0) is 6.07 Å². The fraction of sp³-hybridized carbons (Fsp3) is 0.273. The Labute approximate surface area is 108 Å². The van der Waals surface area contributed by atoms with Gasteiger partial charge in [0.05, 0.1) is 24.6 Å². The number of rotatable bonds is 6. The molecule has 1 heterocycles. The molecule has 0 N–H and O–H groups in total. The van der Waals surface area contributed by atoms with E-state index >= 15 is 0 Å². The van der Waals surface area contributed by atoms with E-state index in [-0.39, 0.29) is 5.69 Å². The van der Waals surface area contributed by atoms with Crippen molar-refractivity contribution in [2.24, 2.45) is 0 Å². The summed E-state index contributed by atoms with van der Waals surface area (Å²) in [6.07, 6.45) is 2.99. The molecule has 0 atom stereocenters. The van der Waals surface area contributed by atoms with Gasteiger partial charge in [-0.2, -0.15) is 5.10 Å². The van der Waals surface area contributed by atoms with Crippen LogP contribution in [0.2, 0.25) is 0 Å². The minimum absolute atomic E-state index is 0.0449. The van der Waals surface area contributed by atoms with Gasteiger partial charge in [0.25, 0.3) is 5.69 Å². The van der Waals surface area contributed by atoms with Crippen LogP contribution in [0.1, 0.15) is 0 Å². The summed E-state index contributed by atoms with van der Waals surface area (Å²) in [6, 6.07) is 4.20. The average molecular weight is 264 g/mol. The third-order valence-electron chi connectivity index (χ3n) is 2.40. The maximum atomic E-state index is 10.7. The fourth-order valence-corrected chi connectivity index (χ4v) is 1.49. The van der Waals surface area contributed by atoms with Gasteiger partial charge in [-0.15, -0.1) is 0 Å². The second kappa shape index (κ2) is 5.80. The highest BCUT2D eigenvalue weighted by Crippen LogP contribution is 2.30. The van der Waals surface area contributed by atoms with Crippen molar-refractivity contribution in [3.63, 3.8) is 0 Å². The lowest BCUT2D eigenvalue weighted by Crippen LogP contribution is -2.09. The summed E-state index contributed by atoms with van der Waals surface area (Å²) in [5, 5.41) is 14.6. The minimum Gasteiger partial charge on any atom is -0.493 e. The summed E-state index contributed by atoms with van der Waals surface area (Å²) in [5.41, 5.74) is -0.0449. The topological polar surface area (TPSA) is 92.3 Å². The molecule has 0 spiro atoms. The highest BCUT2D eigenvalue weighted by Gasteiger charge is 2.12. The smallest absolute Gasteiger partial charge is 0.273 e. The molecule has 8 nitrogen and oxygen atoms in total. The van der Waals surface area contributed by atoms with E-state index < -0.39 is 4.92 Å². The first-order chi connectivity index (χ1) is 9.20. The number of aromatic nitrogens is 3. The molecule has 0 fully saturated rings. The minimum atomic E-state index is -0.482. The summed E-state index contributed by atoms with van der Waals surface area (Å²) >= 11 is 0. The molecule has 0 saturated heterocycles. The van der Waals surface area contributed by atoms with Crippen molar-refractivity contribution >= 4 is 5.69 Å². The number of ether oxygens (including phenoxy) is 2. The summed E-state index contributed by atoms with van der Waals surface area (Å²) in [6.45, 7) is 0.798. The van der Waals surface area contributed by atoms with Crippen LogP contribution in [0.25, 0.3) is 0 Å². The Morgan fingerprint density at radius 1 is 1.42 bits per heavy atom. The molecule has 0 amide bonds. The summed E-state index contributed by atoms with van der Waals surface area (Å²) in [7, 11) is 1.48. The Bertz CT molecular complexity index is 556. The van der Waals surface area contributed by atoms with Gasteiger partial charge < -0.3 is 9.47 Å². The maximum Gasteiger partial charge on any atom is 0.273 e. The molecule has 2 rings (SSSR count). The van der Waals surface area contributed by atoms with Gasteiger partial charge in [0, 0.05) is 6.07 Å². The normalized spacial score (nSPS) is 10.2. The van der Waals surface area contributed by atoms with Crippen molar-refractivity contribution < 1.29 is 14.4 Å². The number of methoxy groups -OCH3 is 1. The zero-order valence-corrected chi connectivity index (χ0v) is 10.2. The molecule has 0 bridgehead atoms. The molecule has 0 aliphatic rings. The molecule has 0 aliphatic carbocycles. The number of nitro benzene ring substituents is 1. The lowest BCUT2D eigenvalue weighted by atomic mass is 10.3. The largest absolute Gasteiger partial charge is 0.493 e. The molecule has 1 aromatic carbocycles. The van der Waals surface area contributed by atoms with E-state index in [1.54, 1.807) is 11.0 Å². The van der Waals surface area contributed by atoms with Crippen molar-refractivity contribution in [1.82, 2.24) is 14.8 Å². The zero-order valence-electron chi connectivity index (χ0n) is 10.2. The molecule has 1 aromatic heterocycles. The Kier molecular flexibility index (Phi) is 3.91. The van der Waals surface area contributed by atoms with Gasteiger partial charge in [-0.1, -0.05) is 0 Å². The third kappa shape index (κ3) is 3.18. The van der Waals surface area contributed by atoms with Crippen LogP contribution in [0, 0.1) is 10.1 Å². The number of hydrogen-bond donors (Lipinski definition) is 0. The predicted octanol–water partition coefficient (Wildman–Crippen LogP) is 1.27. The number of hydrogen-bond acceptors (Lipinski definition) is 6. The van der Waals surface area contributed by atoms with Crippen LogP contribution in [-0.2, 0) is 6.54 Å². The first kappa shape index (κ1) is 12.8. The van der Waals surface area contributed by atoms with Crippen molar-refractivity contribution in [2.75, 3.05) is 13.7 Å². The van der Waals surface area contributed by atoms with Crippen LogP contribution in [-0.4, -0.2) is 33.4 Å². The van der Waals surface area contributed by atoms with Crippen molar-refractivity contribution in [3.05, 3.63) is 41.0 Å². The third-order valence-corrected chi connectivity index (χ3v) is 2.40. The quantitative estimate of drug-likeness (QED) is 0.576. The summed E-state index contributed by atoms with van der Waals surface area (Å²) in [4.78, 5) is 14.0. The first-order valence-corrected chi connectivity index (χ1v) is 5.48. The van der Waals surface area contributed by atoms with Crippen LogP contribution in [0.4, 0.5) is 5.69 Å². The van der Waals surface area contributed by atoms with Gasteiger partial charge in [-0.25, -0.2) is 9.67 Å². The van der Waals surface area contributed by atoms with Gasteiger partial charge >= 0.3 is 0 Å². The van der Waals surface area contributed by atoms with Gasteiger partial charge in [0.1, 0.15) is 19.3 Å². The van der Waals surface area contributed by atoms with Gasteiger partial charge in [0.15, 0.2) is 11.5 Å². The van der Waals surface area contributed by atoms with E-state index in [9.17, 15) is 10.1 Å². The number of benzene rings is 1. The number of non-ortho nitro benzene ring substituents is 1. The Morgan fingerprint density at radius 3 is 2.89 bits per heavy atom. The molecule has 8 heteroatoms. The summed E-state index contributed by atoms with van der Waals surface area (Å²) < 4.78 is 12.2. The Balaban J connectivity index is 2.04. The highest BCUT2D eigenvalue weighted by atomic mass is 16.6. The maximum absolute atomic E-state index is 10.7. The summed E-state index contributed by atoms with van der Waals surface area (Å²) in [5.74, 6) is 0.779. The molecular formula is C11H12N4O4. The van der Waals surface area contributed by atoms with Crippen molar-refractivity contribution in [2.45, 2.75) is 6.54 Å². The van der Waals surface area contributed by atoms with Crippen LogP contribution >= 0.6 is 0 Å². The molecule has 100 valence electrons. The van der Waals surface area contributed by atoms with Crippen molar-refractivity contribution in [3.8, 4) is 11.5 Å².